The molecule has 0 unspecified atom stereocenters. The Morgan fingerprint density at radius 1 is 1.03 bits per heavy atom. The topological polar surface area (TPSA) is 109 Å². The molecule has 0 spiro atoms. The number of hydrogen-bond donors (Lipinski definition) is 1. The highest BCUT2D eigenvalue weighted by Crippen LogP contribution is 2.34. The lowest BCUT2D eigenvalue weighted by Crippen LogP contribution is -2.15. The van der Waals surface area contributed by atoms with E-state index >= 15 is 0 Å². The van der Waals surface area contributed by atoms with Crippen LogP contribution in [0.1, 0.15) is 27.2 Å². The Morgan fingerprint density at radius 3 is 2.62 bits per heavy atom. The van der Waals surface area contributed by atoms with Crippen LogP contribution >= 0.6 is 11.6 Å². The van der Waals surface area contributed by atoms with Crippen LogP contribution in [0.15, 0.2) is 82.5 Å². The molecule has 9 heteroatoms. The molecule has 3 aromatic carbocycles. The second kappa shape index (κ2) is 9.29. The van der Waals surface area contributed by atoms with Crippen LogP contribution in [-0.2, 0) is 11.3 Å². The molecule has 0 saturated carbocycles. The summed E-state index contributed by atoms with van der Waals surface area (Å²) in [4.78, 5) is 18.4. The van der Waals surface area contributed by atoms with Gasteiger partial charge in [0.25, 0.3) is 0 Å². The van der Waals surface area contributed by atoms with Gasteiger partial charge < -0.3 is 24.6 Å². The van der Waals surface area contributed by atoms with E-state index in [9.17, 15) is 4.79 Å². The average Bonchev–Trinajstić information content (AvgIpc) is 3.50. The van der Waals surface area contributed by atoms with E-state index in [0.29, 0.717) is 39.8 Å². The summed E-state index contributed by atoms with van der Waals surface area (Å²) in [5.41, 5.74) is 8.41. The van der Waals surface area contributed by atoms with Crippen molar-refractivity contribution in [2.45, 2.75) is 6.42 Å². The van der Waals surface area contributed by atoms with E-state index < -0.39 is 5.97 Å². The summed E-state index contributed by atoms with van der Waals surface area (Å²) in [5.74, 6) is 0.681. The fourth-order valence-electron chi connectivity index (χ4n) is 3.52. The van der Waals surface area contributed by atoms with Gasteiger partial charge in [-0.15, -0.1) is 0 Å². The molecule has 2 heterocycles. The van der Waals surface area contributed by atoms with Gasteiger partial charge in [0.1, 0.15) is 11.3 Å². The highest BCUT2D eigenvalue weighted by molar-refractivity contribution is 6.33. The first kappa shape index (κ1) is 21.5. The van der Waals surface area contributed by atoms with Crippen LogP contribution in [0.25, 0.3) is 11.3 Å². The van der Waals surface area contributed by atoms with Crippen molar-refractivity contribution in [3.05, 3.63) is 100 Å². The molecular weight excluding hydrogens is 458 g/mol. The number of ether oxygens (including phenoxy) is 2. The fraction of sp³-hybridized carbons (Fsp3) is 0.0800. The SMILES string of the molecule is N/C(=N\OC(=O)c1c(-c2ccccc2Cl)noc1Cc1ccccc1)c1ccc2c(c1)OCO2. The van der Waals surface area contributed by atoms with E-state index in [0.717, 1.165) is 5.56 Å². The van der Waals surface area contributed by atoms with Gasteiger partial charge in [0, 0.05) is 17.5 Å². The lowest BCUT2D eigenvalue weighted by atomic mass is 10.0. The third-order valence-electron chi connectivity index (χ3n) is 5.20. The molecule has 0 amide bonds. The van der Waals surface area contributed by atoms with Gasteiger partial charge in [-0.2, -0.15) is 0 Å². The zero-order chi connectivity index (χ0) is 23.5. The highest BCUT2D eigenvalue weighted by atomic mass is 35.5. The second-order valence-corrected chi connectivity index (χ2v) is 7.80. The summed E-state index contributed by atoms with van der Waals surface area (Å²) in [6.07, 6.45) is 0.323. The number of benzene rings is 3. The van der Waals surface area contributed by atoms with Crippen LogP contribution in [0.2, 0.25) is 5.02 Å². The minimum atomic E-state index is -0.772. The van der Waals surface area contributed by atoms with Crippen molar-refractivity contribution in [3.63, 3.8) is 0 Å². The Kier molecular flexibility index (Phi) is 5.88. The normalized spacial score (nSPS) is 12.6. The maximum Gasteiger partial charge on any atom is 0.371 e. The second-order valence-electron chi connectivity index (χ2n) is 7.39. The molecule has 34 heavy (non-hydrogen) atoms. The number of halogens is 1. The Labute approximate surface area is 199 Å². The van der Waals surface area contributed by atoms with Gasteiger partial charge in [0.05, 0.1) is 5.02 Å². The van der Waals surface area contributed by atoms with E-state index in [4.69, 9.17) is 36.2 Å². The third-order valence-corrected chi connectivity index (χ3v) is 5.53. The zero-order valence-electron chi connectivity index (χ0n) is 17.7. The molecule has 0 fully saturated rings. The Balaban J connectivity index is 1.47. The maximum atomic E-state index is 13.2. The van der Waals surface area contributed by atoms with Crippen LogP contribution in [0.3, 0.4) is 0 Å². The van der Waals surface area contributed by atoms with Crippen LogP contribution < -0.4 is 15.2 Å². The molecule has 0 saturated heterocycles. The number of oxime groups is 1. The quantitative estimate of drug-likeness (QED) is 0.185. The number of aromatic nitrogens is 1. The van der Waals surface area contributed by atoms with Gasteiger partial charge in [-0.1, -0.05) is 70.4 Å². The largest absolute Gasteiger partial charge is 0.454 e. The Morgan fingerprint density at radius 2 is 1.79 bits per heavy atom. The molecule has 2 N–H and O–H groups in total. The zero-order valence-corrected chi connectivity index (χ0v) is 18.5. The summed E-state index contributed by atoms with van der Waals surface area (Å²) in [6, 6.07) is 21.6. The number of carbonyl (C=O) groups excluding carboxylic acids is 1. The summed E-state index contributed by atoms with van der Waals surface area (Å²) in [6.45, 7) is 0.132. The maximum absolute atomic E-state index is 13.2. The first-order valence-electron chi connectivity index (χ1n) is 10.3. The van der Waals surface area contributed by atoms with Crippen LogP contribution in [0.4, 0.5) is 0 Å². The average molecular weight is 476 g/mol. The smallest absolute Gasteiger partial charge is 0.371 e. The van der Waals surface area contributed by atoms with E-state index in [1.807, 2.05) is 30.3 Å². The van der Waals surface area contributed by atoms with Gasteiger partial charge >= 0.3 is 5.97 Å². The Hall–Kier alpha value is -4.30. The molecule has 5 rings (SSSR count). The van der Waals surface area contributed by atoms with Crippen molar-refractivity contribution in [3.8, 4) is 22.8 Å². The first-order chi connectivity index (χ1) is 16.6. The van der Waals surface area contributed by atoms with Crippen LogP contribution in [-0.4, -0.2) is 23.8 Å². The highest BCUT2D eigenvalue weighted by Gasteiger charge is 2.27. The molecule has 170 valence electrons. The van der Waals surface area contributed by atoms with Gasteiger partial charge in [-0.05, 0) is 29.8 Å². The minimum absolute atomic E-state index is 0.00740. The van der Waals surface area contributed by atoms with Crippen molar-refractivity contribution in [1.82, 2.24) is 5.16 Å². The van der Waals surface area contributed by atoms with Crippen molar-refractivity contribution < 1.29 is 23.6 Å². The number of rotatable bonds is 6. The van der Waals surface area contributed by atoms with Gasteiger partial charge in [-0.3, -0.25) is 0 Å². The van der Waals surface area contributed by atoms with E-state index in [-0.39, 0.29) is 23.9 Å². The molecule has 8 nitrogen and oxygen atoms in total. The third kappa shape index (κ3) is 4.31. The monoisotopic (exact) mass is 475 g/mol. The minimum Gasteiger partial charge on any atom is -0.454 e. The van der Waals surface area contributed by atoms with Crippen molar-refractivity contribution in [2.75, 3.05) is 6.79 Å². The number of nitrogens with two attached hydrogens (primary N) is 1. The van der Waals surface area contributed by atoms with Crippen LogP contribution in [0, 0.1) is 0 Å². The predicted octanol–water partition coefficient (Wildman–Crippen LogP) is 4.79. The Bertz CT molecular complexity index is 1380. The summed E-state index contributed by atoms with van der Waals surface area (Å²) < 4.78 is 16.2. The molecular formula is C25H18ClN3O5. The molecule has 1 aliphatic heterocycles. The van der Waals surface area contributed by atoms with E-state index in [1.54, 1.807) is 42.5 Å². The molecule has 1 aliphatic rings. The number of hydrogen-bond acceptors (Lipinski definition) is 7. The fourth-order valence-corrected chi connectivity index (χ4v) is 3.74. The van der Waals surface area contributed by atoms with Crippen molar-refractivity contribution in [1.29, 1.82) is 0 Å². The van der Waals surface area contributed by atoms with Crippen LogP contribution in [0.5, 0.6) is 11.5 Å². The standard InChI is InChI=1S/C25H18ClN3O5/c26-18-9-5-4-8-17(18)23-22(21(33-28-23)12-15-6-2-1-3-7-15)25(30)34-29-24(27)16-10-11-19-20(13-16)32-14-31-19/h1-11,13H,12,14H2,(H2,27,29). The predicted molar refractivity (Wildman–Crippen MR) is 125 cm³/mol. The summed E-state index contributed by atoms with van der Waals surface area (Å²) in [5, 5.41) is 8.36. The number of amidine groups is 1. The number of nitrogens with zero attached hydrogens (tertiary/aromatic N) is 2. The molecule has 0 atom stereocenters. The lowest BCUT2D eigenvalue weighted by Gasteiger charge is -2.05. The van der Waals surface area contributed by atoms with E-state index in [1.165, 1.54) is 0 Å². The number of fused-ring (bicyclic) bond motifs is 1. The molecule has 0 aliphatic carbocycles. The van der Waals surface area contributed by atoms with Gasteiger partial charge in [-0.25, -0.2) is 4.79 Å². The lowest BCUT2D eigenvalue weighted by molar-refractivity contribution is 0.0514. The first-order valence-corrected chi connectivity index (χ1v) is 10.7. The summed E-state index contributed by atoms with van der Waals surface area (Å²) >= 11 is 6.36. The van der Waals surface area contributed by atoms with E-state index in [2.05, 4.69) is 10.3 Å². The molecule has 0 radical (unpaired) electrons. The molecule has 0 bridgehead atoms. The molecule has 4 aromatic rings. The van der Waals surface area contributed by atoms with Crippen molar-refractivity contribution in [2.24, 2.45) is 10.9 Å². The van der Waals surface area contributed by atoms with Crippen molar-refractivity contribution >= 4 is 23.4 Å². The molecule has 1 aromatic heterocycles. The van der Waals surface area contributed by atoms with Gasteiger partial charge in [0.2, 0.25) is 6.79 Å². The number of carbonyl (C=O) groups is 1. The van der Waals surface area contributed by atoms with Gasteiger partial charge in [0.15, 0.2) is 23.1 Å². The summed E-state index contributed by atoms with van der Waals surface area (Å²) in [7, 11) is 0.